The number of hydrogen-bond donors (Lipinski definition) is 0. The van der Waals surface area contributed by atoms with Crippen LogP contribution in [0.25, 0.3) is 11.0 Å². The number of fused-ring (bicyclic) bond motifs is 1. The number of benzene rings is 1. The van der Waals surface area contributed by atoms with Gasteiger partial charge < -0.3 is 0 Å². The molecule has 0 spiro atoms. The van der Waals surface area contributed by atoms with Gasteiger partial charge in [-0.15, -0.1) is 0 Å². The average molecular weight is 350 g/mol. The fourth-order valence-corrected chi connectivity index (χ4v) is 3.01. The SMILES string of the molecule is Cc1nn2c(=O)/c(=C/c3ccccc3Br)sc2nc1=O. The third-order valence-electron chi connectivity index (χ3n) is 2.73. The summed E-state index contributed by atoms with van der Waals surface area (Å²) in [5.41, 5.74) is 0.427. The molecule has 0 saturated carbocycles. The summed E-state index contributed by atoms with van der Waals surface area (Å²) in [5, 5.41) is 3.97. The van der Waals surface area contributed by atoms with Gasteiger partial charge in [0, 0.05) is 4.47 Å². The van der Waals surface area contributed by atoms with Crippen molar-refractivity contribution < 1.29 is 0 Å². The van der Waals surface area contributed by atoms with Crippen molar-refractivity contribution in [2.24, 2.45) is 0 Å². The molecular formula is C13H8BrN3O2S. The maximum absolute atomic E-state index is 12.2. The van der Waals surface area contributed by atoms with Crippen LogP contribution in [-0.2, 0) is 0 Å². The first-order chi connectivity index (χ1) is 9.56. The van der Waals surface area contributed by atoms with Crippen molar-refractivity contribution in [1.82, 2.24) is 14.6 Å². The Labute approximate surface area is 125 Å². The lowest BCUT2D eigenvalue weighted by Crippen LogP contribution is -2.27. The topological polar surface area (TPSA) is 64.3 Å². The first kappa shape index (κ1) is 13.1. The molecule has 1 aromatic carbocycles. The van der Waals surface area contributed by atoms with Crippen molar-refractivity contribution in [2.75, 3.05) is 0 Å². The van der Waals surface area contributed by atoms with Gasteiger partial charge in [-0.25, -0.2) is 0 Å². The molecule has 100 valence electrons. The predicted molar refractivity (Wildman–Crippen MR) is 81.1 cm³/mol. The summed E-state index contributed by atoms with van der Waals surface area (Å²) in [6, 6.07) is 7.57. The van der Waals surface area contributed by atoms with Crippen molar-refractivity contribution in [3.05, 3.63) is 65.2 Å². The van der Waals surface area contributed by atoms with Gasteiger partial charge in [-0.1, -0.05) is 45.5 Å². The monoisotopic (exact) mass is 349 g/mol. The summed E-state index contributed by atoms with van der Waals surface area (Å²) in [7, 11) is 0. The van der Waals surface area contributed by atoms with Gasteiger partial charge >= 0.3 is 0 Å². The van der Waals surface area contributed by atoms with E-state index in [9.17, 15) is 9.59 Å². The second-order valence-electron chi connectivity index (χ2n) is 4.13. The number of thiazole rings is 1. The molecule has 2 aromatic heterocycles. The third kappa shape index (κ3) is 2.19. The summed E-state index contributed by atoms with van der Waals surface area (Å²) in [6.45, 7) is 1.54. The molecule has 0 aliphatic carbocycles. The Kier molecular flexibility index (Phi) is 3.23. The molecule has 5 nitrogen and oxygen atoms in total. The van der Waals surface area contributed by atoms with Crippen LogP contribution < -0.4 is 15.7 Å². The number of rotatable bonds is 1. The molecule has 0 fully saturated rings. The highest BCUT2D eigenvalue weighted by molar-refractivity contribution is 9.10. The summed E-state index contributed by atoms with van der Waals surface area (Å²) >= 11 is 4.58. The first-order valence-corrected chi connectivity index (χ1v) is 7.34. The molecule has 0 aliphatic heterocycles. The lowest BCUT2D eigenvalue weighted by molar-refractivity contribution is 0.833. The molecule has 0 unspecified atom stereocenters. The molecule has 2 heterocycles. The minimum Gasteiger partial charge on any atom is -0.266 e. The molecular weight excluding hydrogens is 342 g/mol. The molecule has 0 amide bonds. The largest absolute Gasteiger partial charge is 0.295 e. The smallest absolute Gasteiger partial charge is 0.266 e. The summed E-state index contributed by atoms with van der Waals surface area (Å²) in [5.74, 6) is 0. The van der Waals surface area contributed by atoms with E-state index >= 15 is 0 Å². The van der Waals surface area contributed by atoms with Gasteiger partial charge in [0.05, 0.1) is 4.53 Å². The molecule has 7 heteroatoms. The van der Waals surface area contributed by atoms with Gasteiger partial charge in [0.1, 0.15) is 5.69 Å². The van der Waals surface area contributed by atoms with Crippen molar-refractivity contribution in [1.29, 1.82) is 0 Å². The number of aromatic nitrogens is 3. The molecule has 0 N–H and O–H groups in total. The van der Waals surface area contributed by atoms with E-state index in [1.54, 1.807) is 6.08 Å². The van der Waals surface area contributed by atoms with Crippen LogP contribution in [0.15, 0.2) is 38.3 Å². The predicted octanol–water partition coefficient (Wildman–Crippen LogP) is 1.13. The Morgan fingerprint density at radius 2 is 2.05 bits per heavy atom. The standard InChI is InChI=1S/C13H8BrN3O2S/c1-7-11(18)15-13-17(16-7)12(19)10(20-13)6-8-4-2-3-5-9(8)14/h2-6H,1H3/b10-6-. The zero-order valence-corrected chi connectivity index (χ0v) is 12.7. The lowest BCUT2D eigenvalue weighted by Gasteiger charge is -1.94. The first-order valence-electron chi connectivity index (χ1n) is 5.73. The zero-order chi connectivity index (χ0) is 14.3. The van der Waals surface area contributed by atoms with E-state index < -0.39 is 5.56 Å². The van der Waals surface area contributed by atoms with Crippen molar-refractivity contribution in [3.8, 4) is 0 Å². The minimum absolute atomic E-state index is 0.213. The highest BCUT2D eigenvalue weighted by Gasteiger charge is 2.08. The van der Waals surface area contributed by atoms with Crippen LogP contribution in [0.1, 0.15) is 11.3 Å². The Morgan fingerprint density at radius 3 is 2.80 bits per heavy atom. The maximum Gasteiger partial charge on any atom is 0.295 e. The average Bonchev–Trinajstić information content (AvgIpc) is 2.70. The molecule has 0 bridgehead atoms. The lowest BCUT2D eigenvalue weighted by atomic mass is 10.2. The van der Waals surface area contributed by atoms with E-state index in [1.165, 1.54) is 11.4 Å². The second-order valence-corrected chi connectivity index (χ2v) is 6.00. The molecule has 3 aromatic rings. The fraction of sp³-hybridized carbons (Fsp3) is 0.0769. The quantitative estimate of drug-likeness (QED) is 0.660. The molecule has 0 atom stereocenters. The highest BCUT2D eigenvalue weighted by atomic mass is 79.9. The second kappa shape index (κ2) is 4.92. The Morgan fingerprint density at radius 1 is 1.30 bits per heavy atom. The van der Waals surface area contributed by atoms with E-state index in [0.29, 0.717) is 9.49 Å². The molecule has 0 saturated heterocycles. The van der Waals surface area contributed by atoms with Gasteiger partial charge in [-0.05, 0) is 24.6 Å². The number of halogens is 1. The van der Waals surface area contributed by atoms with Crippen LogP contribution in [0.2, 0.25) is 0 Å². The number of aryl methyl sites for hydroxylation is 1. The molecule has 0 radical (unpaired) electrons. The van der Waals surface area contributed by atoms with E-state index in [0.717, 1.165) is 21.4 Å². The van der Waals surface area contributed by atoms with Crippen LogP contribution in [0.5, 0.6) is 0 Å². The van der Waals surface area contributed by atoms with Gasteiger partial charge in [-0.3, -0.25) is 9.59 Å². The summed E-state index contributed by atoms with van der Waals surface area (Å²) in [6.07, 6.45) is 1.76. The zero-order valence-electron chi connectivity index (χ0n) is 10.3. The summed E-state index contributed by atoms with van der Waals surface area (Å²) < 4.78 is 2.55. The van der Waals surface area contributed by atoms with Gasteiger partial charge in [-0.2, -0.15) is 14.6 Å². The maximum atomic E-state index is 12.2. The van der Waals surface area contributed by atoms with E-state index in [2.05, 4.69) is 26.0 Å². The van der Waals surface area contributed by atoms with Crippen LogP contribution >= 0.6 is 27.3 Å². The summed E-state index contributed by atoms with van der Waals surface area (Å²) in [4.78, 5) is 27.9. The van der Waals surface area contributed by atoms with Crippen LogP contribution in [-0.4, -0.2) is 14.6 Å². The minimum atomic E-state index is -0.404. The molecule has 3 rings (SSSR count). The van der Waals surface area contributed by atoms with Crippen LogP contribution in [0.4, 0.5) is 0 Å². The van der Waals surface area contributed by atoms with Gasteiger partial charge in [0.25, 0.3) is 11.1 Å². The van der Waals surface area contributed by atoms with Gasteiger partial charge in [0.2, 0.25) is 4.96 Å². The number of hydrogen-bond acceptors (Lipinski definition) is 5. The van der Waals surface area contributed by atoms with Gasteiger partial charge in [0.15, 0.2) is 0 Å². The molecule has 0 aliphatic rings. The highest BCUT2D eigenvalue weighted by Crippen LogP contribution is 2.16. The van der Waals surface area contributed by atoms with Crippen LogP contribution in [0, 0.1) is 6.92 Å². The molecule has 20 heavy (non-hydrogen) atoms. The van der Waals surface area contributed by atoms with Crippen LogP contribution in [0.3, 0.4) is 0 Å². The van der Waals surface area contributed by atoms with E-state index in [-0.39, 0.29) is 11.3 Å². The van der Waals surface area contributed by atoms with Crippen molar-refractivity contribution in [2.45, 2.75) is 6.92 Å². The third-order valence-corrected chi connectivity index (χ3v) is 4.42. The fourth-order valence-electron chi connectivity index (χ4n) is 1.72. The Balaban J connectivity index is 2.34. The van der Waals surface area contributed by atoms with Crippen molar-refractivity contribution in [3.63, 3.8) is 0 Å². The Bertz CT molecular complexity index is 977. The normalized spacial score (nSPS) is 12.2. The van der Waals surface area contributed by atoms with Crippen molar-refractivity contribution >= 4 is 38.3 Å². The van der Waals surface area contributed by atoms with E-state index in [1.807, 2.05) is 24.3 Å². The van der Waals surface area contributed by atoms with E-state index in [4.69, 9.17) is 0 Å². The Hall–Kier alpha value is -1.86. The number of nitrogens with zero attached hydrogens (tertiary/aromatic N) is 3.